The average molecular weight is 786 g/mol. The van der Waals surface area contributed by atoms with Crippen molar-refractivity contribution in [2.75, 3.05) is 64.4 Å². The number of carbonyl (C=O) groups is 3. The van der Waals surface area contributed by atoms with Crippen molar-refractivity contribution in [2.24, 2.45) is 0 Å². The van der Waals surface area contributed by atoms with Crippen molar-refractivity contribution in [3.63, 3.8) is 0 Å². The summed E-state index contributed by atoms with van der Waals surface area (Å²) in [6.45, 7) is 8.45. The highest BCUT2D eigenvalue weighted by Gasteiger charge is 2.39. The molecule has 4 fully saturated rings. The van der Waals surface area contributed by atoms with Gasteiger partial charge in [0.1, 0.15) is 17.9 Å². The maximum Gasteiger partial charge on any atom is 0.255 e. The van der Waals surface area contributed by atoms with Gasteiger partial charge in [0.2, 0.25) is 17.7 Å². The first-order valence-corrected chi connectivity index (χ1v) is 20.7. The second kappa shape index (κ2) is 16.8. The third-order valence-corrected chi connectivity index (χ3v) is 12.4. The first-order chi connectivity index (χ1) is 28.3. The second-order valence-corrected chi connectivity index (χ2v) is 16.1. The van der Waals surface area contributed by atoms with Gasteiger partial charge in [-0.15, -0.1) is 0 Å². The fourth-order valence-corrected chi connectivity index (χ4v) is 8.82. The van der Waals surface area contributed by atoms with Crippen molar-refractivity contribution < 1.29 is 28.6 Å². The van der Waals surface area contributed by atoms with Gasteiger partial charge in [0.05, 0.1) is 30.5 Å². The number of imide groups is 1. The molecule has 4 aromatic rings. The van der Waals surface area contributed by atoms with Gasteiger partial charge >= 0.3 is 0 Å². The molecule has 3 saturated heterocycles. The average Bonchev–Trinajstić information content (AvgIpc) is 3.56. The van der Waals surface area contributed by atoms with Gasteiger partial charge in [0.25, 0.3) is 5.91 Å². The van der Waals surface area contributed by atoms with Gasteiger partial charge in [0, 0.05) is 107 Å². The number of hydrogen-bond acceptors (Lipinski definition) is 11. The molecule has 1 saturated carbocycles. The van der Waals surface area contributed by atoms with E-state index in [1.807, 2.05) is 54.6 Å². The summed E-state index contributed by atoms with van der Waals surface area (Å²) in [5, 5.41) is 3.43. The lowest BCUT2D eigenvalue weighted by Crippen LogP contribution is -2.52. The quantitative estimate of drug-likeness (QED) is 0.199. The van der Waals surface area contributed by atoms with Crippen molar-refractivity contribution in [2.45, 2.75) is 69.4 Å². The summed E-state index contributed by atoms with van der Waals surface area (Å²) in [6.07, 6.45) is 11.1. The summed E-state index contributed by atoms with van der Waals surface area (Å²) >= 11 is 0. The Labute approximate surface area is 338 Å². The largest absolute Gasteiger partial charge is 0.490 e. The van der Waals surface area contributed by atoms with Crippen LogP contribution < -0.4 is 19.7 Å². The molecule has 13 nitrogen and oxygen atoms in total. The minimum atomic E-state index is -0.588. The van der Waals surface area contributed by atoms with Crippen molar-refractivity contribution in [3.8, 4) is 11.6 Å². The number of ether oxygens (including phenoxy) is 3. The molecule has 1 aliphatic carbocycles. The number of hydrogen-bond donors (Lipinski definition) is 1. The Kier molecular flexibility index (Phi) is 11.1. The Bertz CT molecular complexity index is 2190. The number of likely N-dealkylation sites (tertiary alicyclic amines) is 1. The predicted octanol–water partition coefficient (Wildman–Crippen LogP) is 4.78. The van der Waals surface area contributed by atoms with E-state index in [1.54, 1.807) is 18.2 Å². The number of nitrogens with zero attached hydrogens (tertiary/aromatic N) is 6. The van der Waals surface area contributed by atoms with Crippen LogP contribution in [0.15, 0.2) is 66.9 Å². The van der Waals surface area contributed by atoms with E-state index in [1.165, 1.54) is 0 Å². The van der Waals surface area contributed by atoms with Crippen LogP contribution in [-0.4, -0.2) is 126 Å². The number of aromatic nitrogens is 2. The number of pyridine rings is 2. The Balaban J connectivity index is 0.662. The highest BCUT2D eigenvalue weighted by molar-refractivity contribution is 6.05. The molecule has 0 bridgehead atoms. The van der Waals surface area contributed by atoms with Crippen molar-refractivity contribution >= 4 is 46.5 Å². The van der Waals surface area contributed by atoms with Crippen LogP contribution in [0.2, 0.25) is 0 Å². The number of rotatable bonds is 12. The number of carbonyl (C=O) groups excluding carboxylic acids is 3. The fourth-order valence-electron chi connectivity index (χ4n) is 8.82. The van der Waals surface area contributed by atoms with E-state index < -0.39 is 6.04 Å². The number of nitrogens with one attached hydrogen (secondary N) is 1. The SMILES string of the molecule is COc1cc(/C=C/c2ccc3cc(OC4CC(OC5CCN(CCN6CCN(c7ccc8c(c7)C(=O)N(C7CCC(=O)NC7=O)C8)CC6)CC5)C4)ccc3n2)ccn1. The van der Waals surface area contributed by atoms with E-state index in [0.29, 0.717) is 30.5 Å². The van der Waals surface area contributed by atoms with Crippen LogP contribution in [0.4, 0.5) is 5.69 Å². The summed E-state index contributed by atoms with van der Waals surface area (Å²) < 4.78 is 18.1. The minimum Gasteiger partial charge on any atom is -0.490 e. The van der Waals surface area contributed by atoms with Crippen LogP contribution in [0.25, 0.3) is 23.1 Å². The van der Waals surface area contributed by atoms with Crippen LogP contribution in [0, 0.1) is 0 Å². The number of benzene rings is 2. The zero-order valence-corrected chi connectivity index (χ0v) is 33.1. The number of anilines is 1. The third-order valence-electron chi connectivity index (χ3n) is 12.4. The molecule has 0 radical (unpaired) electrons. The van der Waals surface area contributed by atoms with Crippen LogP contribution in [0.1, 0.15) is 65.7 Å². The first kappa shape index (κ1) is 38.2. The summed E-state index contributed by atoms with van der Waals surface area (Å²) in [4.78, 5) is 55.4. The second-order valence-electron chi connectivity index (χ2n) is 16.1. The first-order valence-electron chi connectivity index (χ1n) is 20.7. The molecular weight excluding hydrogens is 735 g/mol. The molecule has 4 aliphatic heterocycles. The summed E-state index contributed by atoms with van der Waals surface area (Å²) in [6, 6.07) is 19.6. The number of amides is 3. The number of piperazine rings is 1. The summed E-state index contributed by atoms with van der Waals surface area (Å²) in [5.74, 6) is 0.695. The van der Waals surface area contributed by atoms with Crippen LogP contribution >= 0.6 is 0 Å². The highest BCUT2D eigenvalue weighted by Crippen LogP contribution is 2.33. The summed E-state index contributed by atoms with van der Waals surface area (Å²) in [7, 11) is 1.61. The van der Waals surface area contributed by atoms with E-state index in [2.05, 4.69) is 43.2 Å². The highest BCUT2D eigenvalue weighted by atomic mass is 16.5. The van der Waals surface area contributed by atoms with E-state index in [-0.39, 0.29) is 36.4 Å². The van der Waals surface area contributed by atoms with Gasteiger partial charge in [-0.25, -0.2) is 9.97 Å². The molecule has 1 N–H and O–H groups in total. The van der Waals surface area contributed by atoms with Gasteiger partial charge in [-0.05, 0) is 78.9 Å². The normalized spacial score (nSPS) is 23.3. The van der Waals surface area contributed by atoms with Crippen molar-refractivity contribution in [1.29, 1.82) is 0 Å². The fraction of sp³-hybridized carbons (Fsp3) is 0.444. The molecule has 2 aromatic carbocycles. The van der Waals surface area contributed by atoms with E-state index >= 15 is 0 Å². The van der Waals surface area contributed by atoms with E-state index in [0.717, 1.165) is 117 Å². The van der Waals surface area contributed by atoms with Crippen molar-refractivity contribution in [1.82, 2.24) is 30.0 Å². The molecule has 1 atom stereocenters. The molecule has 6 heterocycles. The molecule has 9 rings (SSSR count). The van der Waals surface area contributed by atoms with E-state index in [9.17, 15) is 14.4 Å². The third kappa shape index (κ3) is 8.57. The van der Waals surface area contributed by atoms with E-state index in [4.69, 9.17) is 19.2 Å². The molecule has 13 heteroatoms. The van der Waals surface area contributed by atoms with Crippen molar-refractivity contribution in [3.05, 3.63) is 89.2 Å². The van der Waals surface area contributed by atoms with Gasteiger partial charge in [0.15, 0.2) is 0 Å². The molecule has 58 heavy (non-hydrogen) atoms. The maximum absolute atomic E-state index is 13.3. The van der Waals surface area contributed by atoms with Gasteiger partial charge in [-0.1, -0.05) is 18.2 Å². The zero-order chi connectivity index (χ0) is 39.6. The molecule has 5 aliphatic rings. The van der Waals surface area contributed by atoms with Gasteiger partial charge in [-0.2, -0.15) is 0 Å². The Hall–Kier alpha value is -5.37. The molecule has 302 valence electrons. The molecule has 2 aromatic heterocycles. The standard InChI is InChI=1S/C45H51N7O6/c1-56-43-24-30(12-15-46-43)2-5-33-6-3-31-25-36(8-9-40(31)47-33)58-38-27-37(28-38)57-35-13-16-49(17-14-35)18-19-50-20-22-51(23-21-50)34-7-4-32-29-52(45(55)39(32)26-34)41-10-11-42(53)48-44(41)54/h2-9,12,15,24-26,35,37-38,41H,10-11,13-14,16-23,27-29H2,1H3,(H,48,53,54)/b5-2+. The lowest BCUT2D eigenvalue weighted by Gasteiger charge is -2.40. The van der Waals surface area contributed by atoms with Gasteiger partial charge < -0.3 is 28.9 Å². The molecular formula is C45H51N7O6. The smallest absolute Gasteiger partial charge is 0.255 e. The Morgan fingerprint density at radius 1 is 0.810 bits per heavy atom. The van der Waals surface area contributed by atoms with Crippen LogP contribution in [-0.2, 0) is 20.9 Å². The lowest BCUT2D eigenvalue weighted by atomic mass is 9.91. The molecule has 3 amide bonds. The van der Waals surface area contributed by atoms with Crippen LogP contribution in [0.5, 0.6) is 11.6 Å². The number of piperidine rings is 2. The molecule has 1 unspecified atom stereocenters. The topological polar surface area (TPSA) is 130 Å². The number of methoxy groups -OCH3 is 1. The minimum absolute atomic E-state index is 0.121. The van der Waals surface area contributed by atoms with Crippen LogP contribution in [0.3, 0.4) is 0 Å². The Morgan fingerprint density at radius 3 is 2.41 bits per heavy atom. The van der Waals surface area contributed by atoms with Gasteiger partial charge in [-0.3, -0.25) is 24.6 Å². The monoisotopic (exact) mass is 785 g/mol. The lowest BCUT2D eigenvalue weighted by molar-refractivity contribution is -0.136. The zero-order valence-electron chi connectivity index (χ0n) is 33.1. The molecule has 0 spiro atoms. The Morgan fingerprint density at radius 2 is 1.62 bits per heavy atom. The number of fused-ring (bicyclic) bond motifs is 2. The summed E-state index contributed by atoms with van der Waals surface area (Å²) in [5.41, 5.74) is 5.48. The predicted molar refractivity (Wildman–Crippen MR) is 221 cm³/mol. The maximum atomic E-state index is 13.3.